The molecule has 0 aliphatic heterocycles. The zero-order chi connectivity index (χ0) is 16.4. The van der Waals surface area contributed by atoms with Gasteiger partial charge in [-0.2, -0.15) is 5.10 Å². The molecule has 0 aliphatic carbocycles. The van der Waals surface area contributed by atoms with Crippen LogP contribution >= 0.6 is 11.6 Å². The van der Waals surface area contributed by atoms with Crippen molar-refractivity contribution in [2.75, 3.05) is 0 Å². The molecule has 0 aliphatic rings. The summed E-state index contributed by atoms with van der Waals surface area (Å²) < 4.78 is 15.0. The van der Waals surface area contributed by atoms with Crippen molar-refractivity contribution in [1.82, 2.24) is 9.78 Å². The van der Waals surface area contributed by atoms with Gasteiger partial charge in [-0.05, 0) is 36.8 Å². The molecule has 118 valence electrons. The highest BCUT2D eigenvalue weighted by atomic mass is 35.5. The third-order valence-electron chi connectivity index (χ3n) is 3.69. The van der Waals surface area contributed by atoms with Crippen molar-refractivity contribution in [3.63, 3.8) is 0 Å². The van der Waals surface area contributed by atoms with Gasteiger partial charge in [-0.15, -0.1) is 0 Å². The highest BCUT2D eigenvalue weighted by molar-refractivity contribution is 6.32. The molecule has 3 nitrogen and oxygen atoms in total. The van der Waals surface area contributed by atoms with E-state index in [4.69, 9.17) is 17.3 Å². The molecule has 1 heterocycles. The summed E-state index contributed by atoms with van der Waals surface area (Å²) >= 11 is 6.18. The molecule has 0 saturated carbocycles. The van der Waals surface area contributed by atoms with Crippen LogP contribution in [0.15, 0.2) is 48.5 Å². The Bertz CT molecular complexity index is 825. The van der Waals surface area contributed by atoms with E-state index >= 15 is 0 Å². The first kappa shape index (κ1) is 15.7. The Morgan fingerprint density at radius 2 is 1.87 bits per heavy atom. The Labute approximate surface area is 139 Å². The van der Waals surface area contributed by atoms with Crippen molar-refractivity contribution in [1.29, 1.82) is 0 Å². The van der Waals surface area contributed by atoms with Crippen LogP contribution in [0.5, 0.6) is 0 Å². The molecule has 1 aromatic heterocycles. The summed E-state index contributed by atoms with van der Waals surface area (Å²) in [4.78, 5) is 0. The fraction of sp³-hybridized carbons (Fsp3) is 0.167. The molecule has 3 aromatic rings. The van der Waals surface area contributed by atoms with Crippen LogP contribution in [0.2, 0.25) is 5.02 Å². The molecule has 0 radical (unpaired) electrons. The van der Waals surface area contributed by atoms with Gasteiger partial charge in [0.15, 0.2) is 0 Å². The van der Waals surface area contributed by atoms with Crippen LogP contribution in [0.3, 0.4) is 0 Å². The van der Waals surface area contributed by atoms with Crippen LogP contribution in [0.4, 0.5) is 4.39 Å². The van der Waals surface area contributed by atoms with Crippen LogP contribution in [-0.2, 0) is 13.0 Å². The van der Waals surface area contributed by atoms with Gasteiger partial charge in [0.05, 0.1) is 16.4 Å². The number of halogens is 2. The maximum Gasteiger partial charge on any atom is 0.124 e. The molecule has 0 saturated heterocycles. The summed E-state index contributed by atoms with van der Waals surface area (Å²) in [5.74, 6) is -0.370. The monoisotopic (exact) mass is 329 g/mol. The fourth-order valence-electron chi connectivity index (χ4n) is 2.48. The minimum absolute atomic E-state index is 0.321. The van der Waals surface area contributed by atoms with Gasteiger partial charge in [0.1, 0.15) is 5.82 Å². The third-order valence-corrected chi connectivity index (χ3v) is 3.99. The van der Waals surface area contributed by atoms with E-state index in [1.54, 1.807) is 10.7 Å². The highest BCUT2D eigenvalue weighted by Crippen LogP contribution is 2.24. The van der Waals surface area contributed by atoms with Gasteiger partial charge in [0, 0.05) is 18.7 Å². The van der Waals surface area contributed by atoms with Crippen LogP contribution in [0, 0.1) is 12.7 Å². The molecule has 2 N–H and O–H groups in total. The molecule has 0 fully saturated rings. The Morgan fingerprint density at radius 3 is 2.52 bits per heavy atom. The normalized spacial score (nSPS) is 11.0. The standard InChI is InChI=1S/C18H17ClFN3/c1-12-2-4-13(5-3-12)8-16-10-15(11-21)22-23(16)18-7-6-14(20)9-17(18)19/h2-7,9-10H,8,11,21H2,1H3. The minimum Gasteiger partial charge on any atom is -0.325 e. The number of hydrogen-bond donors (Lipinski definition) is 1. The summed E-state index contributed by atoms with van der Waals surface area (Å²) in [6.07, 6.45) is 0.695. The summed E-state index contributed by atoms with van der Waals surface area (Å²) in [6, 6.07) is 14.6. The van der Waals surface area contributed by atoms with Crippen molar-refractivity contribution < 1.29 is 4.39 Å². The minimum atomic E-state index is -0.370. The Hall–Kier alpha value is -2.17. The lowest BCUT2D eigenvalue weighted by Gasteiger charge is -2.10. The molecule has 23 heavy (non-hydrogen) atoms. The maximum atomic E-state index is 13.3. The van der Waals surface area contributed by atoms with Crippen LogP contribution < -0.4 is 5.73 Å². The molecule has 3 rings (SSSR count). The van der Waals surface area contributed by atoms with Crippen LogP contribution in [0.25, 0.3) is 5.69 Å². The number of aryl methyl sites for hydroxylation is 1. The van der Waals surface area contributed by atoms with Crippen molar-refractivity contribution in [2.45, 2.75) is 19.9 Å². The van der Waals surface area contributed by atoms with E-state index < -0.39 is 0 Å². The lowest BCUT2D eigenvalue weighted by atomic mass is 10.1. The molecule has 5 heteroatoms. The second kappa shape index (κ2) is 6.52. The van der Waals surface area contributed by atoms with Gasteiger partial charge in [0.25, 0.3) is 0 Å². The number of rotatable bonds is 4. The molecule has 0 amide bonds. The van der Waals surface area contributed by atoms with E-state index in [-0.39, 0.29) is 5.82 Å². The SMILES string of the molecule is Cc1ccc(Cc2cc(CN)nn2-c2ccc(F)cc2Cl)cc1. The molecule has 0 bridgehead atoms. The number of nitrogens with zero attached hydrogens (tertiary/aromatic N) is 2. The molecular formula is C18H17ClFN3. The topological polar surface area (TPSA) is 43.8 Å². The predicted molar refractivity (Wildman–Crippen MR) is 90.4 cm³/mol. The van der Waals surface area contributed by atoms with Crippen molar-refractivity contribution in [3.05, 3.63) is 81.9 Å². The highest BCUT2D eigenvalue weighted by Gasteiger charge is 2.13. The van der Waals surface area contributed by atoms with E-state index in [1.165, 1.54) is 23.3 Å². The summed E-state index contributed by atoms with van der Waals surface area (Å²) in [6.45, 7) is 2.39. The molecule has 0 atom stereocenters. The van der Waals surface area contributed by atoms with Gasteiger partial charge in [-0.1, -0.05) is 41.4 Å². The van der Waals surface area contributed by atoms with Gasteiger partial charge in [-0.25, -0.2) is 9.07 Å². The average molecular weight is 330 g/mol. The van der Waals surface area contributed by atoms with E-state index in [2.05, 4.69) is 36.3 Å². The lowest BCUT2D eigenvalue weighted by Crippen LogP contribution is -2.05. The zero-order valence-corrected chi connectivity index (χ0v) is 13.5. The summed E-state index contributed by atoms with van der Waals surface area (Å²) in [7, 11) is 0. The van der Waals surface area contributed by atoms with Gasteiger partial charge in [-0.3, -0.25) is 0 Å². The smallest absolute Gasteiger partial charge is 0.124 e. The molecule has 0 unspecified atom stereocenters. The van der Waals surface area contributed by atoms with Gasteiger partial charge < -0.3 is 5.73 Å². The molecule has 2 aromatic carbocycles. The lowest BCUT2D eigenvalue weighted by molar-refractivity contribution is 0.626. The summed E-state index contributed by atoms with van der Waals surface area (Å²) in [5, 5.41) is 4.81. The average Bonchev–Trinajstić information content (AvgIpc) is 2.92. The van der Waals surface area contributed by atoms with Crippen molar-refractivity contribution in [3.8, 4) is 5.69 Å². The number of nitrogens with two attached hydrogens (primary N) is 1. The van der Waals surface area contributed by atoms with Crippen molar-refractivity contribution in [2.24, 2.45) is 5.73 Å². The van der Waals surface area contributed by atoms with Crippen LogP contribution in [-0.4, -0.2) is 9.78 Å². The Morgan fingerprint density at radius 1 is 1.13 bits per heavy atom. The first-order valence-corrected chi connectivity index (χ1v) is 7.73. The van der Waals surface area contributed by atoms with E-state index in [1.807, 2.05) is 6.07 Å². The second-order valence-corrected chi connectivity index (χ2v) is 5.91. The quantitative estimate of drug-likeness (QED) is 0.785. The van der Waals surface area contributed by atoms with Crippen molar-refractivity contribution >= 4 is 11.6 Å². The predicted octanol–water partition coefficient (Wildman–Crippen LogP) is 4.02. The Balaban J connectivity index is 2.03. The fourth-order valence-corrected chi connectivity index (χ4v) is 2.72. The number of benzene rings is 2. The number of hydrogen-bond acceptors (Lipinski definition) is 2. The molecule has 0 spiro atoms. The number of aromatic nitrogens is 2. The Kier molecular flexibility index (Phi) is 4.46. The second-order valence-electron chi connectivity index (χ2n) is 5.50. The third kappa shape index (κ3) is 3.44. The summed E-state index contributed by atoms with van der Waals surface area (Å²) in [5.41, 5.74) is 10.5. The van der Waals surface area contributed by atoms with Gasteiger partial charge in [0.2, 0.25) is 0 Å². The van der Waals surface area contributed by atoms with E-state index in [9.17, 15) is 4.39 Å². The van der Waals surface area contributed by atoms with E-state index in [0.29, 0.717) is 23.7 Å². The first-order valence-electron chi connectivity index (χ1n) is 7.35. The first-order chi connectivity index (χ1) is 11.1. The molecular weight excluding hydrogens is 313 g/mol. The zero-order valence-electron chi connectivity index (χ0n) is 12.8. The van der Waals surface area contributed by atoms with Crippen LogP contribution in [0.1, 0.15) is 22.5 Å². The maximum absolute atomic E-state index is 13.3. The largest absolute Gasteiger partial charge is 0.325 e. The van der Waals surface area contributed by atoms with E-state index in [0.717, 1.165) is 11.4 Å². The van der Waals surface area contributed by atoms with Gasteiger partial charge >= 0.3 is 0 Å².